The predicted molar refractivity (Wildman–Crippen MR) is 52.4 cm³/mol. The van der Waals surface area contributed by atoms with Crippen molar-refractivity contribution in [1.29, 1.82) is 0 Å². The molecule has 0 heterocycles. The molecule has 1 aromatic rings. The van der Waals surface area contributed by atoms with E-state index in [0.29, 0.717) is 0 Å². The molecule has 2 heteroatoms. The summed E-state index contributed by atoms with van der Waals surface area (Å²) in [4.78, 5) is 0. The molecule has 1 rings (SSSR count). The van der Waals surface area contributed by atoms with Gasteiger partial charge in [-0.25, -0.2) is 0 Å². The van der Waals surface area contributed by atoms with E-state index in [0.717, 1.165) is 5.75 Å². The zero-order valence-corrected chi connectivity index (χ0v) is 8.02. The van der Waals surface area contributed by atoms with Crippen molar-refractivity contribution < 1.29 is 4.74 Å². The van der Waals surface area contributed by atoms with Crippen LogP contribution in [0.15, 0.2) is 30.3 Å². The SMILES string of the molecule is COc1ccccc1.CSC. The number of hydrogen-bond acceptors (Lipinski definition) is 2. The number of thioether (sulfide) groups is 1. The number of ether oxygens (including phenoxy) is 1. The number of methoxy groups -OCH3 is 1. The summed E-state index contributed by atoms with van der Waals surface area (Å²) >= 11 is 1.75. The fourth-order valence-corrected chi connectivity index (χ4v) is 0.557. The molecule has 1 aromatic carbocycles. The van der Waals surface area contributed by atoms with Gasteiger partial charge in [-0.1, -0.05) is 18.2 Å². The van der Waals surface area contributed by atoms with Crippen LogP contribution >= 0.6 is 11.8 Å². The summed E-state index contributed by atoms with van der Waals surface area (Å²) in [6.07, 6.45) is 4.08. The van der Waals surface area contributed by atoms with Crippen LogP contribution in [0.5, 0.6) is 5.75 Å². The number of rotatable bonds is 1. The average Bonchev–Trinajstić information content (AvgIpc) is 2.08. The Morgan fingerprint density at radius 3 is 1.82 bits per heavy atom. The summed E-state index contributed by atoms with van der Waals surface area (Å²) in [5.74, 6) is 0.910. The zero-order chi connectivity index (χ0) is 8.53. The van der Waals surface area contributed by atoms with Gasteiger partial charge in [-0.3, -0.25) is 0 Å². The first-order chi connectivity index (χ1) is 5.35. The molecule has 1 nitrogen and oxygen atoms in total. The van der Waals surface area contributed by atoms with Crippen LogP contribution in [0.4, 0.5) is 0 Å². The van der Waals surface area contributed by atoms with Gasteiger partial charge in [0.1, 0.15) is 5.75 Å². The lowest BCUT2D eigenvalue weighted by molar-refractivity contribution is 0.415. The molecule has 0 aromatic heterocycles. The van der Waals surface area contributed by atoms with Crippen LogP contribution < -0.4 is 4.74 Å². The Kier molecular flexibility index (Phi) is 7.05. The van der Waals surface area contributed by atoms with Gasteiger partial charge in [-0.15, -0.1) is 0 Å². The molecule has 0 fully saturated rings. The highest BCUT2D eigenvalue weighted by Crippen LogP contribution is 2.05. The molecule has 0 spiro atoms. The second kappa shape index (κ2) is 7.48. The standard InChI is InChI=1S/C7H8O.C2H6S/c1-8-7-5-3-2-4-6-7;1-3-2/h2-6H,1H3;1-2H3. The van der Waals surface area contributed by atoms with Crippen LogP contribution in [0.3, 0.4) is 0 Å². The smallest absolute Gasteiger partial charge is 0.118 e. The fourth-order valence-electron chi connectivity index (χ4n) is 0.557. The minimum atomic E-state index is 0.910. The van der Waals surface area contributed by atoms with E-state index >= 15 is 0 Å². The van der Waals surface area contributed by atoms with E-state index in [1.54, 1.807) is 18.9 Å². The highest BCUT2D eigenvalue weighted by atomic mass is 32.2. The maximum absolute atomic E-state index is 4.91. The zero-order valence-electron chi connectivity index (χ0n) is 7.20. The van der Waals surface area contributed by atoms with Crippen LogP contribution in [0, 0.1) is 0 Å². The van der Waals surface area contributed by atoms with Gasteiger partial charge in [0.25, 0.3) is 0 Å². The Balaban J connectivity index is 0.000000292. The van der Waals surface area contributed by atoms with E-state index in [1.807, 2.05) is 42.8 Å². The summed E-state index contributed by atoms with van der Waals surface area (Å²) in [6, 6.07) is 9.68. The molecule has 11 heavy (non-hydrogen) atoms. The largest absolute Gasteiger partial charge is 0.497 e. The average molecular weight is 170 g/mol. The summed E-state index contributed by atoms with van der Waals surface area (Å²) in [6.45, 7) is 0. The highest BCUT2D eigenvalue weighted by molar-refractivity contribution is 7.97. The van der Waals surface area contributed by atoms with Crippen LogP contribution in [0.2, 0.25) is 0 Å². The second-order valence-corrected chi connectivity index (χ2v) is 2.74. The molecule has 0 aliphatic carbocycles. The Hall–Kier alpha value is -0.630. The molecule has 0 saturated heterocycles. The lowest BCUT2D eigenvalue weighted by Gasteiger charge is -1.93. The maximum atomic E-state index is 4.91. The fraction of sp³-hybridized carbons (Fsp3) is 0.333. The lowest BCUT2D eigenvalue weighted by atomic mass is 10.3. The van der Waals surface area contributed by atoms with Gasteiger partial charge in [0.15, 0.2) is 0 Å². The number of benzene rings is 1. The Morgan fingerprint density at radius 1 is 1.09 bits per heavy atom. The molecule has 62 valence electrons. The second-order valence-electron chi connectivity index (χ2n) is 1.93. The van der Waals surface area contributed by atoms with Crippen molar-refractivity contribution in [3.05, 3.63) is 30.3 Å². The Labute approximate surface area is 72.8 Å². The van der Waals surface area contributed by atoms with Gasteiger partial charge in [-0.2, -0.15) is 11.8 Å². The van der Waals surface area contributed by atoms with Gasteiger partial charge in [-0.05, 0) is 24.6 Å². The number of hydrogen-bond donors (Lipinski definition) is 0. The molecule has 0 aliphatic rings. The molecule has 0 unspecified atom stereocenters. The van der Waals surface area contributed by atoms with E-state index in [1.165, 1.54) is 0 Å². The van der Waals surface area contributed by atoms with Crippen molar-refractivity contribution >= 4 is 11.8 Å². The van der Waals surface area contributed by atoms with Crippen molar-refractivity contribution in [2.75, 3.05) is 19.6 Å². The maximum Gasteiger partial charge on any atom is 0.118 e. The van der Waals surface area contributed by atoms with Crippen molar-refractivity contribution in [3.63, 3.8) is 0 Å². The van der Waals surface area contributed by atoms with Gasteiger partial charge in [0.05, 0.1) is 7.11 Å². The molecular formula is C9H14OS. The van der Waals surface area contributed by atoms with E-state index in [2.05, 4.69) is 0 Å². The number of para-hydroxylation sites is 1. The molecular weight excluding hydrogens is 156 g/mol. The first-order valence-corrected chi connectivity index (χ1v) is 4.97. The van der Waals surface area contributed by atoms with Crippen molar-refractivity contribution in [2.24, 2.45) is 0 Å². The van der Waals surface area contributed by atoms with E-state index in [9.17, 15) is 0 Å². The van der Waals surface area contributed by atoms with Crippen molar-refractivity contribution in [1.82, 2.24) is 0 Å². The summed E-state index contributed by atoms with van der Waals surface area (Å²) in [5.41, 5.74) is 0. The molecule has 0 aliphatic heterocycles. The molecule has 0 N–H and O–H groups in total. The summed E-state index contributed by atoms with van der Waals surface area (Å²) < 4.78 is 4.91. The topological polar surface area (TPSA) is 9.23 Å². The highest BCUT2D eigenvalue weighted by Gasteiger charge is 1.80. The molecule has 0 saturated carbocycles. The van der Waals surface area contributed by atoms with Gasteiger partial charge in [0.2, 0.25) is 0 Å². The van der Waals surface area contributed by atoms with Gasteiger partial charge < -0.3 is 4.74 Å². The van der Waals surface area contributed by atoms with Crippen LogP contribution in [-0.2, 0) is 0 Å². The summed E-state index contributed by atoms with van der Waals surface area (Å²) in [5, 5.41) is 0. The molecule has 0 atom stereocenters. The van der Waals surface area contributed by atoms with E-state index < -0.39 is 0 Å². The quantitative estimate of drug-likeness (QED) is 0.641. The minimum absolute atomic E-state index is 0.910. The lowest BCUT2D eigenvalue weighted by Crippen LogP contribution is -1.78. The van der Waals surface area contributed by atoms with Gasteiger partial charge in [0, 0.05) is 0 Å². The molecule has 0 amide bonds. The van der Waals surface area contributed by atoms with Crippen LogP contribution in [0.1, 0.15) is 0 Å². The van der Waals surface area contributed by atoms with Crippen LogP contribution in [0.25, 0.3) is 0 Å². The summed E-state index contributed by atoms with van der Waals surface area (Å²) in [7, 11) is 1.66. The predicted octanol–water partition coefficient (Wildman–Crippen LogP) is 2.67. The first kappa shape index (κ1) is 10.4. The minimum Gasteiger partial charge on any atom is -0.497 e. The molecule has 0 radical (unpaired) electrons. The van der Waals surface area contributed by atoms with E-state index in [-0.39, 0.29) is 0 Å². The molecule has 0 bridgehead atoms. The van der Waals surface area contributed by atoms with Crippen LogP contribution in [-0.4, -0.2) is 19.6 Å². The monoisotopic (exact) mass is 170 g/mol. The third kappa shape index (κ3) is 5.80. The van der Waals surface area contributed by atoms with E-state index in [4.69, 9.17) is 4.74 Å². The normalized spacial score (nSPS) is 7.91. The van der Waals surface area contributed by atoms with Crippen molar-refractivity contribution in [3.8, 4) is 5.75 Å². The Morgan fingerprint density at radius 2 is 1.55 bits per heavy atom. The third-order valence-corrected chi connectivity index (χ3v) is 0.979. The Bertz CT molecular complexity index is 162. The van der Waals surface area contributed by atoms with Crippen molar-refractivity contribution in [2.45, 2.75) is 0 Å². The van der Waals surface area contributed by atoms with Gasteiger partial charge >= 0.3 is 0 Å². The third-order valence-electron chi connectivity index (χ3n) is 0.979. The first-order valence-electron chi connectivity index (χ1n) is 3.34.